The lowest BCUT2D eigenvalue weighted by atomic mass is 10.1. The second kappa shape index (κ2) is 5.80. The number of aromatic hydroxyl groups is 1. The van der Waals surface area contributed by atoms with Gasteiger partial charge in [-0.1, -0.05) is 24.3 Å². The number of para-hydroxylation sites is 1. The third-order valence-corrected chi connectivity index (χ3v) is 3.63. The van der Waals surface area contributed by atoms with Crippen LogP contribution in [0.4, 0.5) is 0 Å². The minimum absolute atomic E-state index is 0.293. The summed E-state index contributed by atoms with van der Waals surface area (Å²) in [5.74, 6) is 0.293. The maximum absolute atomic E-state index is 9.31. The van der Waals surface area contributed by atoms with Gasteiger partial charge in [-0.05, 0) is 42.8 Å². The van der Waals surface area contributed by atoms with E-state index in [1.165, 1.54) is 16.6 Å². The molecule has 2 heteroatoms. The van der Waals surface area contributed by atoms with Crippen molar-refractivity contribution < 1.29 is 9.67 Å². The Morgan fingerprint density at radius 3 is 2.43 bits per heavy atom. The normalized spacial score (nSPS) is 11.3. The molecule has 1 N–H and O–H groups in total. The lowest BCUT2D eigenvalue weighted by molar-refractivity contribution is -0.669. The summed E-state index contributed by atoms with van der Waals surface area (Å²) >= 11 is 0. The zero-order valence-electron chi connectivity index (χ0n) is 12.0. The molecule has 1 aromatic heterocycles. The molecule has 0 radical (unpaired) electrons. The summed E-state index contributed by atoms with van der Waals surface area (Å²) in [4.78, 5) is 0. The van der Waals surface area contributed by atoms with E-state index >= 15 is 0 Å². The first-order valence-electron chi connectivity index (χ1n) is 7.16. The number of pyridine rings is 1. The molecule has 2 aromatic carbocycles. The standard InChI is InChI=1S/C19H17NO/c1-2-20-17(11-7-15-8-13-18(21)14-9-15)12-10-16-5-3-4-6-19(16)20/h3-14H,2H2,1H3/p+1. The van der Waals surface area contributed by atoms with Gasteiger partial charge in [0.15, 0.2) is 0 Å². The van der Waals surface area contributed by atoms with Crippen LogP contribution in [0.2, 0.25) is 0 Å². The van der Waals surface area contributed by atoms with E-state index in [0.717, 1.165) is 12.1 Å². The number of hydrogen-bond donors (Lipinski definition) is 1. The Bertz CT molecular complexity index is 788. The quantitative estimate of drug-likeness (QED) is 0.718. The molecule has 3 aromatic rings. The zero-order chi connectivity index (χ0) is 14.7. The van der Waals surface area contributed by atoms with Crippen molar-refractivity contribution in [2.75, 3.05) is 0 Å². The van der Waals surface area contributed by atoms with Gasteiger partial charge in [0, 0.05) is 23.6 Å². The predicted octanol–water partition coefficient (Wildman–Crippen LogP) is 4.02. The molecule has 0 spiro atoms. The number of rotatable bonds is 3. The highest BCUT2D eigenvalue weighted by Crippen LogP contribution is 2.14. The molecule has 0 aliphatic rings. The molecule has 0 saturated heterocycles. The van der Waals surface area contributed by atoms with Crippen molar-refractivity contribution in [3.05, 3.63) is 71.9 Å². The number of nitrogens with zero attached hydrogens (tertiary/aromatic N) is 1. The highest BCUT2D eigenvalue weighted by Gasteiger charge is 2.10. The van der Waals surface area contributed by atoms with E-state index in [-0.39, 0.29) is 0 Å². The fourth-order valence-corrected chi connectivity index (χ4v) is 2.54. The minimum Gasteiger partial charge on any atom is -0.508 e. The Labute approximate surface area is 124 Å². The van der Waals surface area contributed by atoms with E-state index in [1.54, 1.807) is 12.1 Å². The van der Waals surface area contributed by atoms with Crippen molar-refractivity contribution in [1.29, 1.82) is 0 Å². The number of benzene rings is 2. The molecule has 3 rings (SSSR count). The van der Waals surface area contributed by atoms with Crippen molar-refractivity contribution in [2.24, 2.45) is 0 Å². The van der Waals surface area contributed by atoms with E-state index in [9.17, 15) is 5.11 Å². The largest absolute Gasteiger partial charge is 0.508 e. The van der Waals surface area contributed by atoms with E-state index in [1.807, 2.05) is 12.1 Å². The lowest BCUT2D eigenvalue weighted by Gasteiger charge is -2.02. The van der Waals surface area contributed by atoms with Gasteiger partial charge in [-0.25, -0.2) is 0 Å². The van der Waals surface area contributed by atoms with Gasteiger partial charge >= 0.3 is 0 Å². The number of hydrogen-bond acceptors (Lipinski definition) is 1. The zero-order valence-corrected chi connectivity index (χ0v) is 12.0. The summed E-state index contributed by atoms with van der Waals surface area (Å²) in [5.41, 5.74) is 3.49. The van der Waals surface area contributed by atoms with Crippen LogP contribution in [-0.2, 0) is 6.54 Å². The minimum atomic E-state index is 0.293. The molecular formula is C19H18NO+. The summed E-state index contributed by atoms with van der Waals surface area (Å²) in [7, 11) is 0. The van der Waals surface area contributed by atoms with Gasteiger partial charge in [-0.15, -0.1) is 0 Å². The first-order valence-corrected chi connectivity index (χ1v) is 7.16. The smallest absolute Gasteiger partial charge is 0.212 e. The Morgan fingerprint density at radius 1 is 0.905 bits per heavy atom. The fraction of sp³-hybridized carbons (Fsp3) is 0.105. The maximum atomic E-state index is 9.31. The molecule has 0 atom stereocenters. The van der Waals surface area contributed by atoms with E-state index in [0.29, 0.717) is 5.75 Å². The number of phenols is 1. The van der Waals surface area contributed by atoms with Gasteiger partial charge in [-0.2, -0.15) is 4.57 Å². The Kier molecular flexibility index (Phi) is 3.69. The Morgan fingerprint density at radius 2 is 1.67 bits per heavy atom. The van der Waals surface area contributed by atoms with E-state index in [2.05, 4.69) is 60.0 Å². The van der Waals surface area contributed by atoms with Crippen LogP contribution in [0, 0.1) is 0 Å². The summed E-state index contributed by atoms with van der Waals surface area (Å²) < 4.78 is 2.30. The number of aryl methyl sites for hydroxylation is 1. The topological polar surface area (TPSA) is 24.1 Å². The van der Waals surface area contributed by atoms with Crippen LogP contribution in [0.5, 0.6) is 5.75 Å². The summed E-state index contributed by atoms with van der Waals surface area (Å²) in [6.45, 7) is 3.08. The molecule has 2 nitrogen and oxygen atoms in total. The lowest BCUT2D eigenvalue weighted by Crippen LogP contribution is -2.36. The van der Waals surface area contributed by atoms with Crippen molar-refractivity contribution in [3.63, 3.8) is 0 Å². The van der Waals surface area contributed by atoms with Gasteiger partial charge in [0.25, 0.3) is 0 Å². The highest BCUT2D eigenvalue weighted by molar-refractivity contribution is 5.77. The highest BCUT2D eigenvalue weighted by atomic mass is 16.3. The second-order valence-corrected chi connectivity index (χ2v) is 4.99. The molecular weight excluding hydrogens is 258 g/mol. The van der Waals surface area contributed by atoms with E-state index in [4.69, 9.17) is 0 Å². The monoisotopic (exact) mass is 276 g/mol. The van der Waals surface area contributed by atoms with Crippen LogP contribution < -0.4 is 4.57 Å². The molecule has 0 amide bonds. The molecule has 0 unspecified atom stereocenters. The van der Waals surface area contributed by atoms with Gasteiger partial charge in [0.2, 0.25) is 11.2 Å². The molecule has 21 heavy (non-hydrogen) atoms. The SMILES string of the molecule is CC[n+]1c(/C=C\c2ccc(O)cc2)ccc2ccccc21. The van der Waals surface area contributed by atoms with Gasteiger partial charge < -0.3 is 5.11 Å². The van der Waals surface area contributed by atoms with Crippen LogP contribution in [-0.4, -0.2) is 5.11 Å². The molecule has 0 bridgehead atoms. The number of aromatic nitrogens is 1. The van der Waals surface area contributed by atoms with Crippen LogP contribution >= 0.6 is 0 Å². The number of phenolic OH excluding ortho intramolecular Hbond substituents is 1. The number of fused-ring (bicyclic) bond motifs is 1. The van der Waals surface area contributed by atoms with Gasteiger partial charge in [0.1, 0.15) is 12.3 Å². The summed E-state index contributed by atoms with van der Waals surface area (Å²) in [6.07, 6.45) is 4.18. The average Bonchev–Trinajstić information content (AvgIpc) is 2.53. The first kappa shape index (κ1) is 13.4. The average molecular weight is 276 g/mol. The van der Waals surface area contributed by atoms with Gasteiger partial charge in [-0.3, -0.25) is 0 Å². The van der Waals surface area contributed by atoms with Crippen molar-refractivity contribution in [3.8, 4) is 5.75 Å². The predicted molar refractivity (Wildman–Crippen MR) is 86.9 cm³/mol. The third-order valence-electron chi connectivity index (χ3n) is 3.63. The first-order chi connectivity index (χ1) is 10.3. The molecule has 1 heterocycles. The summed E-state index contributed by atoms with van der Waals surface area (Å²) in [6, 6.07) is 19.9. The van der Waals surface area contributed by atoms with Crippen LogP contribution in [0.25, 0.3) is 23.1 Å². The van der Waals surface area contributed by atoms with Crippen LogP contribution in [0.1, 0.15) is 18.2 Å². The molecule has 0 aliphatic carbocycles. The van der Waals surface area contributed by atoms with E-state index < -0.39 is 0 Å². The Balaban J connectivity index is 2.02. The van der Waals surface area contributed by atoms with Crippen molar-refractivity contribution in [1.82, 2.24) is 0 Å². The second-order valence-electron chi connectivity index (χ2n) is 4.99. The third kappa shape index (κ3) is 2.79. The molecule has 0 aliphatic heterocycles. The fourth-order valence-electron chi connectivity index (χ4n) is 2.54. The maximum Gasteiger partial charge on any atom is 0.212 e. The van der Waals surface area contributed by atoms with Crippen molar-refractivity contribution in [2.45, 2.75) is 13.5 Å². The molecule has 0 saturated carbocycles. The van der Waals surface area contributed by atoms with Crippen LogP contribution in [0.3, 0.4) is 0 Å². The van der Waals surface area contributed by atoms with Crippen LogP contribution in [0.15, 0.2) is 60.7 Å². The molecule has 0 fully saturated rings. The van der Waals surface area contributed by atoms with Gasteiger partial charge in [0.05, 0.1) is 0 Å². The molecule has 104 valence electrons. The summed E-state index contributed by atoms with van der Waals surface area (Å²) in [5, 5.41) is 10.6. The van der Waals surface area contributed by atoms with Crippen molar-refractivity contribution >= 4 is 23.1 Å². The Hall–Kier alpha value is -2.61.